The molecule has 0 aliphatic heterocycles. The van der Waals surface area contributed by atoms with Crippen LogP contribution in [0.5, 0.6) is 0 Å². The van der Waals surface area contributed by atoms with E-state index in [9.17, 15) is 0 Å². The molecule has 0 radical (unpaired) electrons. The topological polar surface area (TPSA) is 43.9 Å². The molecular formula is C42H25N3O. The molecule has 3 aromatic heterocycles. The third kappa shape index (κ3) is 3.61. The maximum atomic E-state index is 6.61. The Morgan fingerprint density at radius 1 is 0.457 bits per heavy atom. The summed E-state index contributed by atoms with van der Waals surface area (Å²) in [5, 5.41) is 7.92. The van der Waals surface area contributed by atoms with Crippen molar-refractivity contribution in [3.8, 4) is 28.3 Å². The quantitative estimate of drug-likeness (QED) is 0.207. The van der Waals surface area contributed by atoms with Crippen molar-refractivity contribution < 1.29 is 4.42 Å². The largest absolute Gasteiger partial charge is 0.456 e. The van der Waals surface area contributed by atoms with E-state index < -0.39 is 0 Å². The molecular weight excluding hydrogens is 562 g/mol. The van der Waals surface area contributed by atoms with Crippen LogP contribution >= 0.6 is 0 Å². The molecule has 0 bridgehead atoms. The zero-order chi connectivity index (χ0) is 30.2. The van der Waals surface area contributed by atoms with Gasteiger partial charge in [-0.2, -0.15) is 0 Å². The van der Waals surface area contributed by atoms with Gasteiger partial charge in [0.15, 0.2) is 5.82 Å². The second-order valence-corrected chi connectivity index (χ2v) is 11.8. The average Bonchev–Trinajstić information content (AvgIpc) is 3.66. The van der Waals surface area contributed by atoms with E-state index in [1.54, 1.807) is 0 Å². The van der Waals surface area contributed by atoms with Gasteiger partial charge in [-0.25, -0.2) is 9.97 Å². The predicted molar refractivity (Wildman–Crippen MR) is 190 cm³/mol. The Bertz CT molecular complexity index is 2760. The first-order chi connectivity index (χ1) is 22.8. The first-order valence-electron chi connectivity index (χ1n) is 15.5. The second kappa shape index (κ2) is 9.62. The number of hydrogen-bond donors (Lipinski definition) is 0. The van der Waals surface area contributed by atoms with Crippen LogP contribution in [-0.4, -0.2) is 14.5 Å². The van der Waals surface area contributed by atoms with Crippen molar-refractivity contribution in [2.24, 2.45) is 0 Å². The number of benzene rings is 7. The first kappa shape index (κ1) is 25.1. The van der Waals surface area contributed by atoms with Crippen LogP contribution in [0.4, 0.5) is 0 Å². The molecule has 0 amide bonds. The van der Waals surface area contributed by atoms with Crippen LogP contribution in [-0.2, 0) is 0 Å². The van der Waals surface area contributed by atoms with Crippen LogP contribution in [0.15, 0.2) is 156 Å². The molecule has 0 unspecified atom stereocenters. The van der Waals surface area contributed by atoms with Crippen molar-refractivity contribution in [3.05, 3.63) is 152 Å². The summed E-state index contributed by atoms with van der Waals surface area (Å²) < 4.78 is 8.96. The van der Waals surface area contributed by atoms with Crippen LogP contribution in [0, 0.1) is 0 Å². The summed E-state index contributed by atoms with van der Waals surface area (Å²) in [5.74, 6) is 0.682. The van der Waals surface area contributed by atoms with Gasteiger partial charge < -0.3 is 8.98 Å². The number of para-hydroxylation sites is 3. The molecule has 4 nitrogen and oxygen atoms in total. The molecule has 4 heteroatoms. The number of hydrogen-bond acceptors (Lipinski definition) is 3. The standard InChI is InChI=1S/C42H25N3O/c1-2-12-26(13-3-1)41-32-18-6-9-19-35(32)43-42(44-41)33-25-39-40(31-17-5-4-14-28(31)33)34-24-27(22-23-38(34)46-39)45-36-20-10-7-15-29(36)30-16-8-11-21-37(30)45/h1-25H. The highest BCUT2D eigenvalue weighted by atomic mass is 16.3. The summed E-state index contributed by atoms with van der Waals surface area (Å²) in [6.07, 6.45) is 0. The van der Waals surface area contributed by atoms with Crippen molar-refractivity contribution >= 4 is 65.4 Å². The minimum Gasteiger partial charge on any atom is -0.456 e. The lowest BCUT2D eigenvalue weighted by Gasteiger charge is -2.12. The van der Waals surface area contributed by atoms with Gasteiger partial charge in [0.25, 0.3) is 0 Å². The van der Waals surface area contributed by atoms with E-state index in [2.05, 4.69) is 138 Å². The van der Waals surface area contributed by atoms with Gasteiger partial charge in [-0.3, -0.25) is 0 Å². The van der Waals surface area contributed by atoms with Crippen LogP contribution in [0.25, 0.3) is 93.8 Å². The van der Waals surface area contributed by atoms with Crippen LogP contribution in [0.3, 0.4) is 0 Å². The highest BCUT2D eigenvalue weighted by Crippen LogP contribution is 2.41. The molecule has 0 aliphatic carbocycles. The first-order valence-corrected chi connectivity index (χ1v) is 15.5. The Balaban J connectivity index is 1.25. The van der Waals surface area contributed by atoms with E-state index in [4.69, 9.17) is 14.4 Å². The highest BCUT2D eigenvalue weighted by Gasteiger charge is 2.19. The van der Waals surface area contributed by atoms with E-state index in [0.29, 0.717) is 5.82 Å². The van der Waals surface area contributed by atoms with Gasteiger partial charge in [0.1, 0.15) is 11.2 Å². The summed E-state index contributed by atoms with van der Waals surface area (Å²) >= 11 is 0. The lowest BCUT2D eigenvalue weighted by Crippen LogP contribution is -1.96. The molecule has 0 fully saturated rings. The lowest BCUT2D eigenvalue weighted by molar-refractivity contribution is 0.669. The Labute approximate surface area is 263 Å². The van der Waals surface area contributed by atoms with Gasteiger partial charge in [0.2, 0.25) is 0 Å². The van der Waals surface area contributed by atoms with Gasteiger partial charge in [-0.15, -0.1) is 0 Å². The highest BCUT2D eigenvalue weighted by molar-refractivity contribution is 6.22. The van der Waals surface area contributed by atoms with Crippen molar-refractivity contribution in [2.45, 2.75) is 0 Å². The van der Waals surface area contributed by atoms with Gasteiger partial charge in [-0.05, 0) is 53.2 Å². The Kier molecular flexibility index (Phi) is 5.25. The minimum absolute atomic E-state index is 0.682. The van der Waals surface area contributed by atoms with E-state index in [1.165, 1.54) is 21.8 Å². The third-order valence-corrected chi connectivity index (χ3v) is 9.19. The van der Waals surface area contributed by atoms with Gasteiger partial charge in [-0.1, -0.05) is 109 Å². The number of aromatic nitrogens is 3. The smallest absolute Gasteiger partial charge is 0.161 e. The van der Waals surface area contributed by atoms with Gasteiger partial charge in [0, 0.05) is 43.7 Å². The Morgan fingerprint density at radius 2 is 1.09 bits per heavy atom. The average molecular weight is 588 g/mol. The molecule has 0 atom stereocenters. The molecule has 0 spiro atoms. The van der Waals surface area contributed by atoms with Crippen molar-refractivity contribution in [1.82, 2.24) is 14.5 Å². The maximum absolute atomic E-state index is 6.61. The van der Waals surface area contributed by atoms with Crippen molar-refractivity contribution in [2.75, 3.05) is 0 Å². The molecule has 0 N–H and O–H groups in total. The Hall–Kier alpha value is -6.26. The summed E-state index contributed by atoms with van der Waals surface area (Å²) in [6.45, 7) is 0. The van der Waals surface area contributed by atoms with Gasteiger partial charge in [0.05, 0.1) is 22.2 Å². The number of rotatable bonds is 3. The zero-order valence-corrected chi connectivity index (χ0v) is 24.7. The third-order valence-electron chi connectivity index (χ3n) is 9.19. The molecule has 214 valence electrons. The monoisotopic (exact) mass is 587 g/mol. The molecule has 0 saturated carbocycles. The lowest BCUT2D eigenvalue weighted by atomic mass is 9.98. The fourth-order valence-electron chi connectivity index (χ4n) is 7.17. The molecule has 10 aromatic rings. The molecule has 7 aromatic carbocycles. The second-order valence-electron chi connectivity index (χ2n) is 11.8. The van der Waals surface area contributed by atoms with Crippen molar-refractivity contribution in [1.29, 1.82) is 0 Å². The summed E-state index contributed by atoms with van der Waals surface area (Å²) in [6, 6.07) is 53.0. The molecule has 3 heterocycles. The SMILES string of the molecule is c1ccc(-c2nc(-c3cc4oc5ccc(-n6c7ccccc7c7ccccc76)cc5c4c4ccccc34)nc3ccccc23)cc1. The molecule has 46 heavy (non-hydrogen) atoms. The van der Waals surface area contributed by atoms with Crippen molar-refractivity contribution in [3.63, 3.8) is 0 Å². The van der Waals surface area contributed by atoms with E-state index in [0.717, 1.165) is 66.1 Å². The van der Waals surface area contributed by atoms with Crippen LogP contribution in [0.1, 0.15) is 0 Å². The van der Waals surface area contributed by atoms with Crippen LogP contribution < -0.4 is 0 Å². The minimum atomic E-state index is 0.682. The zero-order valence-electron chi connectivity index (χ0n) is 24.7. The van der Waals surface area contributed by atoms with E-state index in [-0.39, 0.29) is 0 Å². The van der Waals surface area contributed by atoms with Gasteiger partial charge >= 0.3 is 0 Å². The summed E-state index contributed by atoms with van der Waals surface area (Å²) in [7, 11) is 0. The van der Waals surface area contributed by atoms with Crippen LogP contribution in [0.2, 0.25) is 0 Å². The predicted octanol–water partition coefficient (Wildman–Crippen LogP) is 11.1. The fourth-order valence-corrected chi connectivity index (χ4v) is 7.17. The van der Waals surface area contributed by atoms with E-state index in [1.807, 2.05) is 18.2 Å². The fraction of sp³-hybridized carbons (Fsp3) is 0. The molecule has 10 rings (SSSR count). The van der Waals surface area contributed by atoms with E-state index >= 15 is 0 Å². The maximum Gasteiger partial charge on any atom is 0.161 e. The number of nitrogens with zero attached hydrogens (tertiary/aromatic N) is 3. The molecule has 0 saturated heterocycles. The molecule has 0 aliphatic rings. The number of fused-ring (bicyclic) bond motifs is 9. The summed E-state index contributed by atoms with van der Waals surface area (Å²) in [5.41, 5.74) is 9.00. The number of furan rings is 1. The Morgan fingerprint density at radius 3 is 1.85 bits per heavy atom. The normalized spacial score (nSPS) is 11.9. The summed E-state index contributed by atoms with van der Waals surface area (Å²) in [4.78, 5) is 10.3.